The second-order valence-electron chi connectivity index (χ2n) is 2.39. The molecule has 1 heterocycles. The Kier molecular flexibility index (Phi) is 3.91. The maximum atomic E-state index is 9.16. The molecule has 4 heteroatoms. The summed E-state index contributed by atoms with van der Waals surface area (Å²) in [4.78, 5) is 0. The molecule has 0 saturated carbocycles. The Balaban J connectivity index is 2.23. The average molecular weight is 180 g/mol. The third kappa shape index (κ3) is 3.14. The minimum atomic E-state index is -0.278. The molecule has 0 aliphatic carbocycles. The number of hydrogen-bond acceptors (Lipinski definition) is 4. The van der Waals surface area contributed by atoms with E-state index in [-0.39, 0.29) is 10.9 Å². The first-order valence-corrected chi connectivity index (χ1v) is 5.75. The van der Waals surface area contributed by atoms with Crippen LogP contribution in [0.4, 0.5) is 0 Å². The highest BCUT2D eigenvalue weighted by Crippen LogP contribution is 2.35. The first-order chi connectivity index (χ1) is 4.79. The Bertz CT molecular complexity index is 87.7. The molecule has 1 aliphatic rings. The molecular formula is C6H12O2S2. The highest BCUT2D eigenvalue weighted by atomic mass is 33.1. The number of aliphatic hydroxyl groups is 2. The van der Waals surface area contributed by atoms with Crippen molar-refractivity contribution in [2.75, 3.05) is 0 Å². The van der Waals surface area contributed by atoms with Gasteiger partial charge in [-0.1, -0.05) is 21.6 Å². The third-order valence-corrected chi connectivity index (χ3v) is 4.12. The smallest absolute Gasteiger partial charge is 0.109 e. The fraction of sp³-hybridized carbons (Fsp3) is 1.00. The van der Waals surface area contributed by atoms with Crippen molar-refractivity contribution in [1.82, 2.24) is 0 Å². The van der Waals surface area contributed by atoms with E-state index in [4.69, 9.17) is 10.2 Å². The molecule has 0 amide bonds. The van der Waals surface area contributed by atoms with Gasteiger partial charge in [0, 0.05) is 0 Å². The van der Waals surface area contributed by atoms with E-state index >= 15 is 0 Å². The van der Waals surface area contributed by atoms with E-state index in [1.54, 1.807) is 0 Å². The summed E-state index contributed by atoms with van der Waals surface area (Å²) in [6.07, 6.45) is 3.80. The lowest BCUT2D eigenvalue weighted by atomic mass is 10.2. The topological polar surface area (TPSA) is 40.5 Å². The minimum Gasteiger partial charge on any atom is -0.382 e. The normalized spacial score (nSPS) is 36.6. The van der Waals surface area contributed by atoms with Gasteiger partial charge in [0.1, 0.15) is 10.9 Å². The Labute approximate surface area is 68.8 Å². The van der Waals surface area contributed by atoms with Crippen LogP contribution in [-0.2, 0) is 0 Å². The number of hydrogen-bond donors (Lipinski definition) is 2. The fourth-order valence-electron chi connectivity index (χ4n) is 0.862. The summed E-state index contributed by atoms with van der Waals surface area (Å²) in [6, 6.07) is 0. The summed E-state index contributed by atoms with van der Waals surface area (Å²) in [5.74, 6) is 0. The molecule has 1 saturated heterocycles. The molecule has 0 aromatic rings. The van der Waals surface area contributed by atoms with Crippen LogP contribution in [0.1, 0.15) is 25.7 Å². The van der Waals surface area contributed by atoms with Crippen LogP contribution in [0.5, 0.6) is 0 Å². The van der Waals surface area contributed by atoms with Crippen LogP contribution in [0.15, 0.2) is 0 Å². The summed E-state index contributed by atoms with van der Waals surface area (Å²) >= 11 is 0. The number of rotatable bonds is 0. The van der Waals surface area contributed by atoms with Crippen molar-refractivity contribution in [2.45, 2.75) is 36.6 Å². The summed E-state index contributed by atoms with van der Waals surface area (Å²) < 4.78 is 0. The van der Waals surface area contributed by atoms with E-state index in [0.29, 0.717) is 0 Å². The van der Waals surface area contributed by atoms with Gasteiger partial charge in [0.25, 0.3) is 0 Å². The monoisotopic (exact) mass is 180 g/mol. The van der Waals surface area contributed by atoms with Crippen LogP contribution in [0, 0.1) is 0 Å². The molecule has 2 nitrogen and oxygen atoms in total. The predicted octanol–water partition coefficient (Wildman–Crippen LogP) is 1.58. The minimum absolute atomic E-state index is 0.278. The molecule has 1 rings (SSSR count). The Morgan fingerprint density at radius 1 is 0.900 bits per heavy atom. The molecule has 2 N–H and O–H groups in total. The van der Waals surface area contributed by atoms with Crippen LogP contribution in [0.2, 0.25) is 0 Å². The molecule has 0 aromatic heterocycles. The molecule has 0 aromatic carbocycles. The Morgan fingerprint density at radius 3 is 1.70 bits per heavy atom. The zero-order chi connectivity index (χ0) is 7.40. The second-order valence-corrected chi connectivity index (χ2v) is 5.01. The SMILES string of the molecule is OC1CCCCC(O)SS1. The van der Waals surface area contributed by atoms with E-state index in [2.05, 4.69) is 0 Å². The van der Waals surface area contributed by atoms with Crippen molar-refractivity contribution in [3.8, 4) is 0 Å². The van der Waals surface area contributed by atoms with E-state index < -0.39 is 0 Å². The van der Waals surface area contributed by atoms with Crippen molar-refractivity contribution < 1.29 is 10.2 Å². The maximum Gasteiger partial charge on any atom is 0.109 e. The molecule has 2 unspecified atom stereocenters. The lowest BCUT2D eigenvalue weighted by Gasteiger charge is -2.16. The lowest BCUT2D eigenvalue weighted by Crippen LogP contribution is -2.07. The van der Waals surface area contributed by atoms with Gasteiger partial charge in [-0.05, 0) is 25.7 Å². The van der Waals surface area contributed by atoms with Gasteiger partial charge in [0.2, 0.25) is 0 Å². The largest absolute Gasteiger partial charge is 0.382 e. The van der Waals surface area contributed by atoms with Crippen molar-refractivity contribution in [3.63, 3.8) is 0 Å². The second kappa shape index (κ2) is 4.49. The molecule has 1 aliphatic heterocycles. The van der Waals surface area contributed by atoms with Gasteiger partial charge in [0.05, 0.1) is 0 Å². The average Bonchev–Trinajstić information content (AvgIpc) is 1.90. The van der Waals surface area contributed by atoms with Gasteiger partial charge >= 0.3 is 0 Å². The van der Waals surface area contributed by atoms with E-state index in [0.717, 1.165) is 25.7 Å². The molecule has 0 bridgehead atoms. The van der Waals surface area contributed by atoms with Crippen molar-refractivity contribution >= 4 is 21.6 Å². The summed E-state index contributed by atoms with van der Waals surface area (Å²) in [6.45, 7) is 0. The van der Waals surface area contributed by atoms with Crippen LogP contribution >= 0.6 is 21.6 Å². The van der Waals surface area contributed by atoms with E-state index in [1.807, 2.05) is 0 Å². The van der Waals surface area contributed by atoms with Crippen molar-refractivity contribution in [1.29, 1.82) is 0 Å². The van der Waals surface area contributed by atoms with Gasteiger partial charge in [-0.2, -0.15) is 0 Å². The fourth-order valence-corrected chi connectivity index (χ4v) is 2.99. The molecule has 2 atom stereocenters. The quantitative estimate of drug-likeness (QED) is 0.555. The molecule has 0 spiro atoms. The van der Waals surface area contributed by atoms with Crippen LogP contribution < -0.4 is 0 Å². The Morgan fingerprint density at radius 2 is 1.30 bits per heavy atom. The summed E-state index contributed by atoms with van der Waals surface area (Å²) in [7, 11) is 2.77. The van der Waals surface area contributed by atoms with Gasteiger partial charge in [-0.15, -0.1) is 0 Å². The summed E-state index contributed by atoms with van der Waals surface area (Å²) in [5, 5.41) is 18.3. The van der Waals surface area contributed by atoms with Crippen LogP contribution in [-0.4, -0.2) is 21.1 Å². The van der Waals surface area contributed by atoms with Crippen molar-refractivity contribution in [2.24, 2.45) is 0 Å². The number of aliphatic hydroxyl groups excluding tert-OH is 2. The van der Waals surface area contributed by atoms with Crippen LogP contribution in [0.3, 0.4) is 0 Å². The first kappa shape index (κ1) is 8.71. The standard InChI is InChI=1S/C6H12O2S2/c7-5-3-1-2-4-6(8)10-9-5/h5-8H,1-4H2. The van der Waals surface area contributed by atoms with Gasteiger partial charge in [-0.25, -0.2) is 0 Å². The summed E-state index contributed by atoms with van der Waals surface area (Å²) in [5.41, 5.74) is -0.556. The van der Waals surface area contributed by atoms with Gasteiger partial charge in [0.15, 0.2) is 0 Å². The van der Waals surface area contributed by atoms with E-state index in [9.17, 15) is 0 Å². The van der Waals surface area contributed by atoms with Crippen molar-refractivity contribution in [3.05, 3.63) is 0 Å². The predicted molar refractivity (Wildman–Crippen MR) is 45.7 cm³/mol. The zero-order valence-corrected chi connectivity index (χ0v) is 7.33. The van der Waals surface area contributed by atoms with Crippen LogP contribution in [0.25, 0.3) is 0 Å². The van der Waals surface area contributed by atoms with Gasteiger partial charge < -0.3 is 10.2 Å². The third-order valence-electron chi connectivity index (χ3n) is 1.43. The zero-order valence-electron chi connectivity index (χ0n) is 5.69. The molecule has 1 fully saturated rings. The molecular weight excluding hydrogens is 168 g/mol. The maximum absolute atomic E-state index is 9.16. The highest BCUT2D eigenvalue weighted by molar-refractivity contribution is 8.77. The highest BCUT2D eigenvalue weighted by Gasteiger charge is 2.13. The van der Waals surface area contributed by atoms with Gasteiger partial charge in [-0.3, -0.25) is 0 Å². The molecule has 0 radical (unpaired) electrons. The molecule has 10 heavy (non-hydrogen) atoms. The molecule has 60 valence electrons. The Hall–Kier alpha value is 0.620. The lowest BCUT2D eigenvalue weighted by molar-refractivity contribution is 0.228. The first-order valence-electron chi connectivity index (χ1n) is 3.47. The van der Waals surface area contributed by atoms with E-state index in [1.165, 1.54) is 21.6 Å².